The van der Waals surface area contributed by atoms with Crippen LogP contribution in [0.1, 0.15) is 24.1 Å². The molecule has 2 nitrogen and oxygen atoms in total. The van der Waals surface area contributed by atoms with Crippen LogP contribution in [0.15, 0.2) is 36.4 Å². The van der Waals surface area contributed by atoms with E-state index in [-0.39, 0.29) is 5.56 Å². The lowest BCUT2D eigenvalue weighted by Crippen LogP contribution is -2.21. The molecule has 0 spiro atoms. The first kappa shape index (κ1) is 15.4. The Labute approximate surface area is 121 Å². The fourth-order valence-corrected chi connectivity index (χ4v) is 2.29. The molecule has 112 valence electrons. The van der Waals surface area contributed by atoms with Gasteiger partial charge in [-0.2, -0.15) is 0 Å². The van der Waals surface area contributed by atoms with Gasteiger partial charge in [0.05, 0.1) is 12.6 Å². The smallest absolute Gasteiger partial charge is 0.134 e. The summed E-state index contributed by atoms with van der Waals surface area (Å²) in [5.74, 6) is -2.28. The van der Waals surface area contributed by atoms with Crippen LogP contribution in [0.4, 0.5) is 13.2 Å². The maximum Gasteiger partial charge on any atom is 0.134 e. The normalized spacial score (nSPS) is 12.2. The number of hydrogen-bond donors (Lipinski definition) is 1. The maximum absolute atomic E-state index is 14.0. The number of para-hydroxylation sites is 1. The Bertz CT molecular complexity index is 608. The minimum atomic E-state index is -0.943. The third-order valence-electron chi connectivity index (χ3n) is 3.15. The van der Waals surface area contributed by atoms with Crippen LogP contribution in [0.2, 0.25) is 0 Å². The van der Waals surface area contributed by atoms with Crippen LogP contribution in [-0.2, 0) is 0 Å². The SMILES string of the molecule is CCOc1ccccc1C(NC)c1c(F)cc(F)cc1F. The number of nitrogens with one attached hydrogen (secondary N) is 1. The van der Waals surface area contributed by atoms with Crippen LogP contribution in [0.5, 0.6) is 5.75 Å². The molecule has 1 N–H and O–H groups in total. The number of benzene rings is 2. The Morgan fingerprint density at radius 3 is 2.29 bits per heavy atom. The summed E-state index contributed by atoms with van der Waals surface area (Å²) < 4.78 is 46.5. The van der Waals surface area contributed by atoms with Crippen molar-refractivity contribution in [2.45, 2.75) is 13.0 Å². The number of rotatable bonds is 5. The molecule has 0 saturated heterocycles. The van der Waals surface area contributed by atoms with Gasteiger partial charge in [0.2, 0.25) is 0 Å². The quantitative estimate of drug-likeness (QED) is 0.905. The van der Waals surface area contributed by atoms with Gasteiger partial charge in [0.1, 0.15) is 23.2 Å². The molecule has 2 aromatic carbocycles. The van der Waals surface area contributed by atoms with E-state index in [9.17, 15) is 13.2 Å². The van der Waals surface area contributed by atoms with Crippen molar-refractivity contribution in [3.63, 3.8) is 0 Å². The van der Waals surface area contributed by atoms with Crippen molar-refractivity contribution in [3.8, 4) is 5.75 Å². The fraction of sp³-hybridized carbons (Fsp3) is 0.250. The van der Waals surface area contributed by atoms with E-state index in [0.29, 0.717) is 30.1 Å². The molecule has 0 heterocycles. The van der Waals surface area contributed by atoms with Gasteiger partial charge in [0.25, 0.3) is 0 Å². The lowest BCUT2D eigenvalue weighted by atomic mass is 9.97. The van der Waals surface area contributed by atoms with Gasteiger partial charge in [-0.3, -0.25) is 0 Å². The minimum Gasteiger partial charge on any atom is -0.494 e. The van der Waals surface area contributed by atoms with Gasteiger partial charge < -0.3 is 10.1 Å². The highest BCUT2D eigenvalue weighted by Crippen LogP contribution is 2.32. The maximum atomic E-state index is 14.0. The third-order valence-corrected chi connectivity index (χ3v) is 3.15. The molecule has 0 aromatic heterocycles. The van der Waals surface area contributed by atoms with Crippen molar-refractivity contribution in [3.05, 3.63) is 65.0 Å². The van der Waals surface area contributed by atoms with Crippen LogP contribution in [0.25, 0.3) is 0 Å². The van der Waals surface area contributed by atoms with Crippen LogP contribution in [0, 0.1) is 17.5 Å². The highest BCUT2D eigenvalue weighted by molar-refractivity contribution is 5.42. The summed E-state index contributed by atoms with van der Waals surface area (Å²) in [4.78, 5) is 0. The van der Waals surface area contributed by atoms with Gasteiger partial charge in [-0.05, 0) is 20.0 Å². The average molecular weight is 295 g/mol. The monoisotopic (exact) mass is 295 g/mol. The van der Waals surface area contributed by atoms with Crippen molar-refractivity contribution in [1.82, 2.24) is 5.32 Å². The highest BCUT2D eigenvalue weighted by atomic mass is 19.1. The van der Waals surface area contributed by atoms with Gasteiger partial charge in [0.15, 0.2) is 0 Å². The molecule has 0 amide bonds. The molecule has 0 bridgehead atoms. The average Bonchev–Trinajstić information content (AvgIpc) is 2.44. The van der Waals surface area contributed by atoms with Gasteiger partial charge in [0, 0.05) is 23.3 Å². The second kappa shape index (κ2) is 6.63. The van der Waals surface area contributed by atoms with E-state index >= 15 is 0 Å². The molecular weight excluding hydrogens is 279 g/mol. The third kappa shape index (κ3) is 3.19. The summed E-state index contributed by atoms with van der Waals surface area (Å²) in [5, 5.41) is 2.85. The van der Waals surface area contributed by atoms with E-state index in [1.165, 1.54) is 0 Å². The van der Waals surface area contributed by atoms with Crippen LogP contribution >= 0.6 is 0 Å². The number of ether oxygens (including phenoxy) is 1. The summed E-state index contributed by atoms with van der Waals surface area (Å²) in [6.45, 7) is 2.26. The van der Waals surface area contributed by atoms with E-state index in [0.717, 1.165) is 0 Å². The zero-order valence-electron chi connectivity index (χ0n) is 11.8. The second-order valence-electron chi connectivity index (χ2n) is 4.48. The molecule has 0 saturated carbocycles. The van der Waals surface area contributed by atoms with Crippen LogP contribution < -0.4 is 10.1 Å². The predicted molar refractivity (Wildman–Crippen MR) is 74.8 cm³/mol. The molecule has 2 aromatic rings. The van der Waals surface area contributed by atoms with Crippen molar-refractivity contribution in [1.29, 1.82) is 0 Å². The first-order chi connectivity index (χ1) is 10.1. The molecule has 21 heavy (non-hydrogen) atoms. The lowest BCUT2D eigenvalue weighted by molar-refractivity contribution is 0.333. The molecule has 5 heteroatoms. The Morgan fingerprint density at radius 1 is 1.10 bits per heavy atom. The minimum absolute atomic E-state index is 0.231. The van der Waals surface area contributed by atoms with Crippen molar-refractivity contribution in [2.24, 2.45) is 0 Å². The van der Waals surface area contributed by atoms with E-state index in [2.05, 4.69) is 5.32 Å². The molecule has 0 aliphatic rings. The first-order valence-electron chi connectivity index (χ1n) is 6.61. The van der Waals surface area contributed by atoms with Crippen molar-refractivity contribution < 1.29 is 17.9 Å². The summed E-state index contributed by atoms with van der Waals surface area (Å²) >= 11 is 0. The molecule has 1 unspecified atom stereocenters. The standard InChI is InChI=1S/C16H16F3NO/c1-3-21-14-7-5-4-6-11(14)16(20-2)15-12(18)8-10(17)9-13(15)19/h4-9,16,20H,3H2,1-2H3. The van der Waals surface area contributed by atoms with E-state index in [1.54, 1.807) is 31.3 Å². The van der Waals surface area contributed by atoms with Crippen LogP contribution in [0.3, 0.4) is 0 Å². The molecule has 1 atom stereocenters. The molecule has 0 aliphatic carbocycles. The molecule has 2 rings (SSSR count). The fourth-order valence-electron chi connectivity index (χ4n) is 2.29. The number of hydrogen-bond acceptors (Lipinski definition) is 2. The predicted octanol–water partition coefficient (Wildman–Crippen LogP) is 3.81. The van der Waals surface area contributed by atoms with Gasteiger partial charge in [-0.1, -0.05) is 18.2 Å². The Balaban J connectivity index is 2.55. The van der Waals surface area contributed by atoms with E-state index < -0.39 is 23.5 Å². The van der Waals surface area contributed by atoms with Crippen molar-refractivity contribution in [2.75, 3.05) is 13.7 Å². The van der Waals surface area contributed by atoms with Gasteiger partial charge in [-0.15, -0.1) is 0 Å². The van der Waals surface area contributed by atoms with Crippen LogP contribution in [-0.4, -0.2) is 13.7 Å². The largest absolute Gasteiger partial charge is 0.494 e. The summed E-state index contributed by atoms with van der Waals surface area (Å²) in [6, 6.07) is 7.54. The van der Waals surface area contributed by atoms with Crippen molar-refractivity contribution >= 4 is 0 Å². The Kier molecular flexibility index (Phi) is 4.85. The summed E-state index contributed by atoms with van der Waals surface area (Å²) in [7, 11) is 1.58. The zero-order valence-corrected chi connectivity index (χ0v) is 11.8. The molecular formula is C16H16F3NO. The Hall–Kier alpha value is -2.01. The first-order valence-corrected chi connectivity index (χ1v) is 6.61. The molecule has 0 aliphatic heterocycles. The van der Waals surface area contributed by atoms with E-state index in [1.807, 2.05) is 6.92 Å². The van der Waals surface area contributed by atoms with Gasteiger partial charge in [-0.25, -0.2) is 13.2 Å². The number of halogens is 3. The van der Waals surface area contributed by atoms with E-state index in [4.69, 9.17) is 4.74 Å². The molecule has 0 fully saturated rings. The summed E-state index contributed by atoms with van der Waals surface area (Å²) in [5.41, 5.74) is 0.359. The van der Waals surface area contributed by atoms with Gasteiger partial charge >= 0.3 is 0 Å². The molecule has 0 radical (unpaired) electrons. The topological polar surface area (TPSA) is 21.3 Å². The highest BCUT2D eigenvalue weighted by Gasteiger charge is 2.24. The Morgan fingerprint density at radius 2 is 1.71 bits per heavy atom. The summed E-state index contributed by atoms with van der Waals surface area (Å²) in [6.07, 6.45) is 0. The lowest BCUT2D eigenvalue weighted by Gasteiger charge is -2.21. The zero-order chi connectivity index (χ0) is 15.4. The second-order valence-corrected chi connectivity index (χ2v) is 4.48.